The van der Waals surface area contributed by atoms with Crippen LogP contribution >= 0.6 is 0 Å². The van der Waals surface area contributed by atoms with Crippen molar-refractivity contribution in [1.82, 2.24) is 4.31 Å². The van der Waals surface area contributed by atoms with Crippen LogP contribution in [0.2, 0.25) is 0 Å². The molecule has 0 radical (unpaired) electrons. The molecule has 0 N–H and O–H groups in total. The Morgan fingerprint density at radius 2 is 1.94 bits per heavy atom. The molecule has 2 rings (SSSR count). The highest BCUT2D eigenvalue weighted by Crippen LogP contribution is 2.28. The normalized spacial score (nSPS) is 16.3. The molecule has 5 heteroatoms. The van der Waals surface area contributed by atoms with Crippen LogP contribution in [-0.2, 0) is 16.4 Å². The predicted molar refractivity (Wildman–Crippen MR) is 68.3 cm³/mol. The molecule has 4 nitrogen and oxygen atoms in total. The summed E-state index contributed by atoms with van der Waals surface area (Å²) in [6, 6.07) is 8.75. The van der Waals surface area contributed by atoms with Crippen LogP contribution in [-0.4, -0.2) is 25.8 Å². The Bertz CT molecular complexity index is 554. The van der Waals surface area contributed by atoms with Gasteiger partial charge >= 0.3 is 0 Å². The van der Waals surface area contributed by atoms with E-state index in [4.69, 9.17) is 5.26 Å². The molecule has 1 saturated carbocycles. The maximum atomic E-state index is 12.3. The van der Waals surface area contributed by atoms with Gasteiger partial charge in [0.25, 0.3) is 0 Å². The number of benzene rings is 1. The maximum absolute atomic E-state index is 12.3. The van der Waals surface area contributed by atoms with Gasteiger partial charge in [0.05, 0.1) is 17.4 Å². The molecule has 1 aliphatic carbocycles. The average Bonchev–Trinajstić information content (AvgIpc) is 2.28. The van der Waals surface area contributed by atoms with Gasteiger partial charge in [0.15, 0.2) is 0 Å². The molecule has 0 heterocycles. The quantitative estimate of drug-likeness (QED) is 0.834. The van der Waals surface area contributed by atoms with Crippen LogP contribution in [0.1, 0.15) is 24.8 Å². The minimum atomic E-state index is -3.38. The van der Waals surface area contributed by atoms with Gasteiger partial charge in [-0.15, -0.1) is 0 Å². The van der Waals surface area contributed by atoms with Crippen LogP contribution in [0.25, 0.3) is 0 Å². The van der Waals surface area contributed by atoms with Gasteiger partial charge in [0, 0.05) is 13.1 Å². The fourth-order valence-electron chi connectivity index (χ4n) is 1.98. The fraction of sp³-hybridized carbons (Fsp3) is 0.462. The number of nitrogens with zero attached hydrogens (tertiary/aromatic N) is 2. The molecule has 0 atom stereocenters. The first-order valence-electron chi connectivity index (χ1n) is 5.99. The first kappa shape index (κ1) is 13.1. The summed E-state index contributed by atoms with van der Waals surface area (Å²) in [5.74, 6) is 0. The van der Waals surface area contributed by atoms with Crippen molar-refractivity contribution < 1.29 is 8.42 Å². The second-order valence-corrected chi connectivity index (χ2v) is 6.58. The van der Waals surface area contributed by atoms with Crippen LogP contribution in [0.4, 0.5) is 0 Å². The zero-order valence-corrected chi connectivity index (χ0v) is 11.2. The fourth-order valence-corrected chi connectivity index (χ4v) is 3.40. The lowest BCUT2D eigenvalue weighted by molar-refractivity contribution is 0.249. The molecule has 1 fully saturated rings. The molecule has 0 spiro atoms. The van der Waals surface area contributed by atoms with E-state index >= 15 is 0 Å². The van der Waals surface area contributed by atoms with Crippen molar-refractivity contribution in [1.29, 1.82) is 5.26 Å². The Balaban J connectivity index is 2.21. The largest absolute Gasteiger partial charge is 0.243 e. The molecule has 0 amide bonds. The van der Waals surface area contributed by atoms with E-state index in [-0.39, 0.29) is 6.04 Å². The molecular formula is C13H16N2O2S. The first-order valence-corrected chi connectivity index (χ1v) is 7.43. The van der Waals surface area contributed by atoms with Gasteiger partial charge in [-0.05, 0) is 30.5 Å². The summed E-state index contributed by atoms with van der Waals surface area (Å²) < 4.78 is 26.1. The van der Waals surface area contributed by atoms with E-state index in [9.17, 15) is 8.42 Å². The summed E-state index contributed by atoms with van der Waals surface area (Å²) in [5.41, 5.74) is 0.836. The zero-order valence-electron chi connectivity index (χ0n) is 10.3. The highest BCUT2D eigenvalue weighted by Gasteiger charge is 2.31. The van der Waals surface area contributed by atoms with Gasteiger partial charge in [-0.1, -0.05) is 18.6 Å². The molecule has 96 valence electrons. The molecular weight excluding hydrogens is 248 g/mol. The Morgan fingerprint density at radius 3 is 2.39 bits per heavy atom. The summed E-state index contributed by atoms with van der Waals surface area (Å²) in [7, 11) is -1.74. The third-order valence-corrected chi connectivity index (χ3v) is 5.40. The smallest absolute Gasteiger partial charge is 0.207 e. The van der Waals surface area contributed by atoms with Crippen molar-refractivity contribution >= 4 is 10.0 Å². The third kappa shape index (κ3) is 2.40. The van der Waals surface area contributed by atoms with Crippen molar-refractivity contribution in [2.45, 2.75) is 36.6 Å². The second-order valence-electron chi connectivity index (χ2n) is 4.58. The summed E-state index contributed by atoms with van der Waals surface area (Å²) in [6.45, 7) is 0. The average molecular weight is 264 g/mol. The SMILES string of the molecule is CN(C1CCC1)S(=O)(=O)c1ccc(CC#N)cc1. The first-order chi connectivity index (χ1) is 8.55. The minimum Gasteiger partial charge on any atom is -0.207 e. The minimum absolute atomic E-state index is 0.147. The molecule has 0 unspecified atom stereocenters. The molecule has 0 aromatic heterocycles. The molecule has 1 aromatic carbocycles. The molecule has 1 aromatic rings. The summed E-state index contributed by atoms with van der Waals surface area (Å²) in [4.78, 5) is 0.304. The van der Waals surface area contributed by atoms with Gasteiger partial charge in [-0.25, -0.2) is 8.42 Å². The Hall–Kier alpha value is -1.38. The number of nitriles is 1. The van der Waals surface area contributed by atoms with E-state index in [2.05, 4.69) is 0 Å². The van der Waals surface area contributed by atoms with Crippen molar-refractivity contribution in [3.63, 3.8) is 0 Å². The lowest BCUT2D eigenvalue weighted by atomic mass is 9.94. The van der Waals surface area contributed by atoms with Gasteiger partial charge in [-0.3, -0.25) is 0 Å². The standard InChI is InChI=1S/C13H16N2O2S/c1-15(12-3-2-4-12)18(16,17)13-7-5-11(6-8-13)9-10-14/h5-8,12H,2-4,9H2,1H3. The zero-order chi connectivity index (χ0) is 13.2. The number of hydrogen-bond donors (Lipinski definition) is 0. The van der Waals surface area contributed by atoms with Crippen LogP contribution in [0.5, 0.6) is 0 Å². The lowest BCUT2D eigenvalue weighted by Crippen LogP contribution is -2.41. The number of sulfonamides is 1. The predicted octanol–water partition coefficient (Wildman–Crippen LogP) is 1.93. The Kier molecular flexibility index (Phi) is 3.69. The lowest BCUT2D eigenvalue weighted by Gasteiger charge is -2.33. The molecule has 0 saturated heterocycles. The Morgan fingerprint density at radius 1 is 1.33 bits per heavy atom. The van der Waals surface area contributed by atoms with E-state index in [1.54, 1.807) is 31.3 Å². The van der Waals surface area contributed by atoms with E-state index in [0.29, 0.717) is 11.3 Å². The summed E-state index contributed by atoms with van der Waals surface area (Å²) in [5, 5.41) is 8.57. The number of hydrogen-bond acceptors (Lipinski definition) is 3. The van der Waals surface area contributed by atoms with Crippen molar-refractivity contribution in [2.75, 3.05) is 7.05 Å². The van der Waals surface area contributed by atoms with E-state index in [1.807, 2.05) is 6.07 Å². The van der Waals surface area contributed by atoms with E-state index < -0.39 is 10.0 Å². The van der Waals surface area contributed by atoms with Gasteiger partial charge in [0.1, 0.15) is 0 Å². The van der Waals surface area contributed by atoms with Crippen molar-refractivity contribution in [3.05, 3.63) is 29.8 Å². The summed E-state index contributed by atoms with van der Waals surface area (Å²) >= 11 is 0. The van der Waals surface area contributed by atoms with E-state index in [0.717, 1.165) is 24.8 Å². The molecule has 0 bridgehead atoms. The second kappa shape index (κ2) is 5.09. The maximum Gasteiger partial charge on any atom is 0.243 e. The van der Waals surface area contributed by atoms with Crippen LogP contribution in [0.15, 0.2) is 29.2 Å². The van der Waals surface area contributed by atoms with Crippen molar-refractivity contribution in [2.24, 2.45) is 0 Å². The topological polar surface area (TPSA) is 61.2 Å². The molecule has 1 aliphatic rings. The van der Waals surface area contributed by atoms with E-state index in [1.165, 1.54) is 4.31 Å². The van der Waals surface area contributed by atoms with Crippen LogP contribution in [0.3, 0.4) is 0 Å². The van der Waals surface area contributed by atoms with Crippen LogP contribution in [0, 0.1) is 11.3 Å². The summed E-state index contributed by atoms with van der Waals surface area (Å²) in [6.07, 6.45) is 3.30. The highest BCUT2D eigenvalue weighted by molar-refractivity contribution is 7.89. The van der Waals surface area contributed by atoms with Gasteiger partial charge in [0.2, 0.25) is 10.0 Å². The molecule has 0 aliphatic heterocycles. The van der Waals surface area contributed by atoms with Crippen LogP contribution < -0.4 is 0 Å². The highest BCUT2D eigenvalue weighted by atomic mass is 32.2. The molecule has 18 heavy (non-hydrogen) atoms. The third-order valence-electron chi connectivity index (χ3n) is 3.47. The van der Waals surface area contributed by atoms with Gasteiger partial charge in [-0.2, -0.15) is 9.57 Å². The Labute approximate surface area is 108 Å². The number of rotatable bonds is 4. The van der Waals surface area contributed by atoms with Gasteiger partial charge < -0.3 is 0 Å². The van der Waals surface area contributed by atoms with Crippen molar-refractivity contribution in [3.8, 4) is 6.07 Å². The monoisotopic (exact) mass is 264 g/mol.